The zero-order valence-electron chi connectivity index (χ0n) is 13.4. The van der Waals surface area contributed by atoms with Gasteiger partial charge in [0.2, 0.25) is 0 Å². The second kappa shape index (κ2) is 11.8. The van der Waals surface area contributed by atoms with Crippen molar-refractivity contribution in [3.05, 3.63) is 12.2 Å². The normalized spacial score (nSPS) is 14.2. The Balaban J connectivity index is 4.10. The van der Waals surface area contributed by atoms with Crippen molar-refractivity contribution in [1.29, 1.82) is 0 Å². The van der Waals surface area contributed by atoms with E-state index in [4.69, 9.17) is 16.3 Å². The maximum atomic E-state index is 5.89. The van der Waals surface area contributed by atoms with Gasteiger partial charge in [0.15, 0.2) is 0 Å². The van der Waals surface area contributed by atoms with Crippen molar-refractivity contribution in [2.75, 3.05) is 12.5 Å². The lowest BCUT2D eigenvalue weighted by Gasteiger charge is -2.32. The highest BCUT2D eigenvalue weighted by molar-refractivity contribution is 6.18. The smallest absolute Gasteiger partial charge is 0.0688 e. The first kappa shape index (κ1) is 19.0. The zero-order valence-corrected chi connectivity index (χ0v) is 14.1. The van der Waals surface area contributed by atoms with Crippen molar-refractivity contribution in [3.63, 3.8) is 0 Å². The van der Waals surface area contributed by atoms with Gasteiger partial charge in [-0.3, -0.25) is 0 Å². The number of halogens is 1. The van der Waals surface area contributed by atoms with Crippen molar-refractivity contribution >= 4 is 11.6 Å². The number of hydrogen-bond donors (Lipinski definition) is 0. The van der Waals surface area contributed by atoms with Crippen LogP contribution >= 0.6 is 11.6 Å². The molecule has 0 aromatic rings. The monoisotopic (exact) mass is 288 g/mol. The zero-order chi connectivity index (χ0) is 14.6. The molecular weight excluding hydrogens is 256 g/mol. The Morgan fingerprint density at radius 1 is 1.05 bits per heavy atom. The first-order valence-electron chi connectivity index (χ1n) is 7.95. The summed E-state index contributed by atoms with van der Waals surface area (Å²) in [6.07, 6.45) is 13.6. The minimum Gasteiger partial charge on any atom is -0.375 e. The fourth-order valence-corrected chi connectivity index (χ4v) is 2.62. The summed E-state index contributed by atoms with van der Waals surface area (Å²) in [5.41, 5.74) is -0.0826. The molecule has 0 rings (SSSR count). The quantitative estimate of drug-likeness (QED) is 0.244. The Hall–Kier alpha value is -0.0100. The minimum atomic E-state index is -0.0826. The van der Waals surface area contributed by atoms with Crippen LogP contribution < -0.4 is 0 Å². The third-order valence-electron chi connectivity index (χ3n) is 3.74. The predicted molar refractivity (Wildman–Crippen MR) is 87.0 cm³/mol. The van der Waals surface area contributed by atoms with E-state index in [1.807, 2.05) is 0 Å². The topological polar surface area (TPSA) is 9.23 Å². The van der Waals surface area contributed by atoms with Crippen molar-refractivity contribution in [2.45, 2.75) is 78.2 Å². The molecule has 0 radical (unpaired) electrons. The molecule has 1 nitrogen and oxygen atoms in total. The van der Waals surface area contributed by atoms with Gasteiger partial charge in [-0.2, -0.15) is 0 Å². The molecule has 0 aromatic heterocycles. The molecule has 0 aliphatic carbocycles. The van der Waals surface area contributed by atoms with Gasteiger partial charge in [0, 0.05) is 18.4 Å². The molecule has 0 bridgehead atoms. The fraction of sp³-hybridized carbons (Fsp3) is 0.882. The molecular formula is C17H33ClO. The molecule has 0 aliphatic heterocycles. The van der Waals surface area contributed by atoms with Crippen molar-refractivity contribution < 1.29 is 4.74 Å². The standard InChI is InChI=1S/C17H33ClO/c1-5-7-8-9-10-11-13-16(14-12-15-18)17(3,4)19-6-2/h12,14,16H,5-11,13,15H2,1-4H3. The van der Waals surface area contributed by atoms with Gasteiger partial charge in [-0.05, 0) is 27.2 Å². The van der Waals surface area contributed by atoms with Crippen molar-refractivity contribution in [3.8, 4) is 0 Å². The molecule has 2 heteroatoms. The summed E-state index contributed by atoms with van der Waals surface area (Å²) in [6, 6.07) is 0. The van der Waals surface area contributed by atoms with Gasteiger partial charge in [0.05, 0.1) is 5.60 Å². The molecule has 1 atom stereocenters. The molecule has 0 saturated heterocycles. The van der Waals surface area contributed by atoms with Crippen LogP contribution in [0.5, 0.6) is 0 Å². The number of alkyl halides is 1. The molecule has 0 N–H and O–H groups in total. The molecule has 1 unspecified atom stereocenters. The Morgan fingerprint density at radius 3 is 2.26 bits per heavy atom. The lowest BCUT2D eigenvalue weighted by molar-refractivity contribution is -0.0431. The molecule has 0 heterocycles. The number of allylic oxidation sites excluding steroid dienone is 1. The van der Waals surface area contributed by atoms with E-state index in [1.165, 1.54) is 44.9 Å². The minimum absolute atomic E-state index is 0.0826. The van der Waals surface area contributed by atoms with E-state index in [1.54, 1.807) is 0 Å². The molecule has 0 amide bonds. The average Bonchev–Trinajstić information content (AvgIpc) is 2.36. The van der Waals surface area contributed by atoms with E-state index in [-0.39, 0.29) is 5.60 Å². The number of ether oxygens (including phenoxy) is 1. The summed E-state index contributed by atoms with van der Waals surface area (Å²) in [5.74, 6) is 1.06. The summed E-state index contributed by atoms with van der Waals surface area (Å²) in [5, 5.41) is 0. The largest absolute Gasteiger partial charge is 0.375 e. The highest BCUT2D eigenvalue weighted by Crippen LogP contribution is 2.28. The predicted octanol–water partition coefficient (Wildman–Crippen LogP) is 5.96. The molecule has 114 valence electrons. The molecule has 19 heavy (non-hydrogen) atoms. The first-order valence-corrected chi connectivity index (χ1v) is 8.48. The maximum absolute atomic E-state index is 5.89. The highest BCUT2D eigenvalue weighted by atomic mass is 35.5. The fourth-order valence-electron chi connectivity index (χ4n) is 2.51. The number of rotatable bonds is 12. The van der Waals surface area contributed by atoms with Gasteiger partial charge in [-0.25, -0.2) is 0 Å². The summed E-state index contributed by atoms with van der Waals surface area (Å²) in [4.78, 5) is 0. The highest BCUT2D eigenvalue weighted by Gasteiger charge is 2.27. The molecule has 0 aliphatic rings. The van der Waals surface area contributed by atoms with Crippen LogP contribution in [0, 0.1) is 5.92 Å². The maximum Gasteiger partial charge on any atom is 0.0688 e. The van der Waals surface area contributed by atoms with E-state index in [9.17, 15) is 0 Å². The number of unbranched alkanes of at least 4 members (excludes halogenated alkanes) is 5. The van der Waals surface area contributed by atoms with Gasteiger partial charge in [0.1, 0.15) is 0 Å². The Labute approximate surface area is 125 Å². The Kier molecular flexibility index (Phi) is 11.8. The summed E-state index contributed by atoms with van der Waals surface area (Å²) < 4.78 is 5.89. The first-order chi connectivity index (χ1) is 9.08. The molecule has 0 spiro atoms. The van der Waals surface area contributed by atoms with Gasteiger partial charge in [0.25, 0.3) is 0 Å². The SMILES string of the molecule is CCCCCCCCC(C=CCCl)C(C)(C)OCC. The van der Waals surface area contributed by atoms with E-state index in [0.717, 1.165) is 6.61 Å². The third-order valence-corrected chi connectivity index (χ3v) is 3.91. The molecule has 0 aromatic carbocycles. The van der Waals surface area contributed by atoms with E-state index < -0.39 is 0 Å². The van der Waals surface area contributed by atoms with Crippen molar-refractivity contribution in [2.24, 2.45) is 5.92 Å². The Morgan fingerprint density at radius 2 is 1.68 bits per heavy atom. The average molecular weight is 289 g/mol. The van der Waals surface area contributed by atoms with Gasteiger partial charge < -0.3 is 4.74 Å². The van der Waals surface area contributed by atoms with E-state index >= 15 is 0 Å². The lowest BCUT2D eigenvalue weighted by atomic mass is 9.85. The number of hydrogen-bond acceptors (Lipinski definition) is 1. The molecule has 0 saturated carbocycles. The van der Waals surface area contributed by atoms with Crippen LogP contribution in [0.15, 0.2) is 12.2 Å². The summed E-state index contributed by atoms with van der Waals surface area (Å²) >= 11 is 5.76. The van der Waals surface area contributed by atoms with Crippen LogP contribution in [-0.2, 0) is 4.74 Å². The van der Waals surface area contributed by atoms with Crippen LogP contribution in [0.3, 0.4) is 0 Å². The van der Waals surface area contributed by atoms with E-state index in [0.29, 0.717) is 11.8 Å². The van der Waals surface area contributed by atoms with E-state index in [2.05, 4.69) is 39.8 Å². The molecule has 0 fully saturated rings. The second-order valence-electron chi connectivity index (χ2n) is 5.78. The lowest BCUT2D eigenvalue weighted by Crippen LogP contribution is -2.33. The van der Waals surface area contributed by atoms with Crippen molar-refractivity contribution in [1.82, 2.24) is 0 Å². The third kappa shape index (κ3) is 9.51. The van der Waals surface area contributed by atoms with Crippen LogP contribution in [-0.4, -0.2) is 18.1 Å². The van der Waals surface area contributed by atoms with Crippen LogP contribution in [0.4, 0.5) is 0 Å². The van der Waals surface area contributed by atoms with Crippen LogP contribution in [0.25, 0.3) is 0 Å². The second-order valence-corrected chi connectivity index (χ2v) is 6.09. The summed E-state index contributed by atoms with van der Waals surface area (Å²) in [6.45, 7) is 9.48. The Bertz CT molecular complexity index is 223. The van der Waals surface area contributed by atoms with Gasteiger partial charge in [-0.15, -0.1) is 11.6 Å². The van der Waals surface area contributed by atoms with Crippen LogP contribution in [0.2, 0.25) is 0 Å². The van der Waals surface area contributed by atoms with Crippen LogP contribution in [0.1, 0.15) is 72.6 Å². The van der Waals surface area contributed by atoms with Gasteiger partial charge in [-0.1, -0.05) is 57.6 Å². The summed E-state index contributed by atoms with van der Waals surface area (Å²) in [7, 11) is 0. The van der Waals surface area contributed by atoms with Gasteiger partial charge >= 0.3 is 0 Å².